The fourth-order valence-corrected chi connectivity index (χ4v) is 2.58. The third-order valence-corrected chi connectivity index (χ3v) is 3.65. The van der Waals surface area contributed by atoms with Gasteiger partial charge in [0.15, 0.2) is 0 Å². The maximum Gasteiger partial charge on any atom is 0.101 e. The van der Waals surface area contributed by atoms with E-state index in [1.165, 1.54) is 0 Å². The zero-order valence-corrected chi connectivity index (χ0v) is 12.3. The number of aromatic nitrogens is 2. The standard InChI is InChI=1S/C13H14BrClN2O/c1-2-17-13(11(14)8-16-17)12(18)7-9-3-5-10(15)6-4-9/h3-6,8,12,18H,2,7H2,1H3. The van der Waals surface area contributed by atoms with Crippen LogP contribution in [0.25, 0.3) is 0 Å². The Labute approximate surface area is 120 Å². The molecule has 0 radical (unpaired) electrons. The zero-order valence-electron chi connectivity index (χ0n) is 9.98. The minimum atomic E-state index is -0.581. The van der Waals surface area contributed by atoms with Gasteiger partial charge in [-0.2, -0.15) is 5.10 Å². The Bertz CT molecular complexity index is 524. The molecule has 1 atom stereocenters. The fraction of sp³-hybridized carbons (Fsp3) is 0.308. The lowest BCUT2D eigenvalue weighted by atomic mass is 10.1. The Kier molecular flexibility index (Phi) is 4.43. The van der Waals surface area contributed by atoms with Crippen LogP contribution in [0.5, 0.6) is 0 Å². The van der Waals surface area contributed by atoms with Gasteiger partial charge in [-0.25, -0.2) is 0 Å². The summed E-state index contributed by atoms with van der Waals surface area (Å²) in [4.78, 5) is 0. The van der Waals surface area contributed by atoms with Crippen molar-refractivity contribution < 1.29 is 5.11 Å². The van der Waals surface area contributed by atoms with Gasteiger partial charge in [0.25, 0.3) is 0 Å². The van der Waals surface area contributed by atoms with E-state index in [-0.39, 0.29) is 0 Å². The van der Waals surface area contributed by atoms with Gasteiger partial charge in [-0.1, -0.05) is 23.7 Å². The van der Waals surface area contributed by atoms with E-state index in [4.69, 9.17) is 11.6 Å². The molecule has 0 bridgehead atoms. The molecule has 96 valence electrons. The number of aryl methyl sites for hydroxylation is 1. The lowest BCUT2D eigenvalue weighted by Gasteiger charge is -2.13. The van der Waals surface area contributed by atoms with Crippen molar-refractivity contribution in [1.82, 2.24) is 9.78 Å². The summed E-state index contributed by atoms with van der Waals surface area (Å²) in [6, 6.07) is 7.50. The maximum absolute atomic E-state index is 10.3. The van der Waals surface area contributed by atoms with E-state index in [9.17, 15) is 5.11 Å². The predicted octanol–water partition coefficient (Wildman–Crippen LogP) is 3.60. The van der Waals surface area contributed by atoms with Crippen molar-refractivity contribution in [1.29, 1.82) is 0 Å². The van der Waals surface area contributed by atoms with Crippen LogP contribution in [0.3, 0.4) is 0 Å². The molecule has 5 heteroatoms. The number of hydrogen-bond acceptors (Lipinski definition) is 2. The summed E-state index contributed by atoms with van der Waals surface area (Å²) in [6.45, 7) is 2.73. The van der Waals surface area contributed by atoms with Crippen LogP contribution in [0.15, 0.2) is 34.9 Å². The molecule has 2 aromatic rings. The van der Waals surface area contributed by atoms with Crippen molar-refractivity contribution in [3.8, 4) is 0 Å². The molecule has 0 spiro atoms. The number of aliphatic hydroxyl groups is 1. The predicted molar refractivity (Wildman–Crippen MR) is 75.7 cm³/mol. The zero-order chi connectivity index (χ0) is 13.1. The van der Waals surface area contributed by atoms with Crippen molar-refractivity contribution in [3.05, 3.63) is 51.2 Å². The second-order valence-electron chi connectivity index (χ2n) is 4.04. The molecule has 0 saturated heterocycles. The van der Waals surface area contributed by atoms with E-state index in [2.05, 4.69) is 21.0 Å². The highest BCUT2D eigenvalue weighted by Gasteiger charge is 2.17. The van der Waals surface area contributed by atoms with Crippen LogP contribution >= 0.6 is 27.5 Å². The molecule has 1 unspecified atom stereocenters. The van der Waals surface area contributed by atoms with E-state index in [0.717, 1.165) is 22.3 Å². The third kappa shape index (κ3) is 2.94. The van der Waals surface area contributed by atoms with E-state index in [0.29, 0.717) is 11.4 Å². The van der Waals surface area contributed by atoms with E-state index >= 15 is 0 Å². The Morgan fingerprint density at radius 3 is 2.67 bits per heavy atom. The van der Waals surface area contributed by atoms with Crippen LogP contribution in [0.1, 0.15) is 24.3 Å². The van der Waals surface area contributed by atoms with Crippen molar-refractivity contribution in [2.24, 2.45) is 0 Å². The molecule has 0 fully saturated rings. The molecule has 0 saturated carbocycles. The van der Waals surface area contributed by atoms with Gasteiger partial charge < -0.3 is 5.11 Å². The number of rotatable bonds is 4. The average Bonchev–Trinajstić information content (AvgIpc) is 2.73. The SMILES string of the molecule is CCn1ncc(Br)c1C(O)Cc1ccc(Cl)cc1. The van der Waals surface area contributed by atoms with Crippen LogP contribution in [0.4, 0.5) is 0 Å². The number of halogens is 2. The van der Waals surface area contributed by atoms with Crippen molar-refractivity contribution in [2.75, 3.05) is 0 Å². The number of aliphatic hydroxyl groups excluding tert-OH is 1. The van der Waals surface area contributed by atoms with Crippen molar-refractivity contribution in [3.63, 3.8) is 0 Å². The molecule has 0 aliphatic carbocycles. The fourth-order valence-electron chi connectivity index (χ4n) is 1.90. The smallest absolute Gasteiger partial charge is 0.101 e. The molecule has 18 heavy (non-hydrogen) atoms. The first kappa shape index (κ1) is 13.6. The first-order valence-corrected chi connectivity index (χ1v) is 6.92. The highest BCUT2D eigenvalue weighted by molar-refractivity contribution is 9.10. The van der Waals surface area contributed by atoms with Gasteiger partial charge in [0.1, 0.15) is 6.10 Å². The molecule has 0 aliphatic heterocycles. The second kappa shape index (κ2) is 5.87. The quantitative estimate of drug-likeness (QED) is 0.931. The summed E-state index contributed by atoms with van der Waals surface area (Å²) >= 11 is 9.26. The highest BCUT2D eigenvalue weighted by atomic mass is 79.9. The summed E-state index contributed by atoms with van der Waals surface area (Å²) in [7, 11) is 0. The molecule has 1 aromatic heterocycles. The average molecular weight is 330 g/mol. The van der Waals surface area contributed by atoms with Crippen LogP contribution in [-0.2, 0) is 13.0 Å². The summed E-state index contributed by atoms with van der Waals surface area (Å²) in [6.07, 6.45) is 1.67. The third-order valence-electron chi connectivity index (χ3n) is 2.79. The van der Waals surface area contributed by atoms with Gasteiger partial charge in [-0.05, 0) is 40.5 Å². The van der Waals surface area contributed by atoms with Crippen LogP contribution in [0, 0.1) is 0 Å². The van der Waals surface area contributed by atoms with Crippen molar-refractivity contribution in [2.45, 2.75) is 26.0 Å². The molecule has 1 N–H and O–H groups in total. The Morgan fingerprint density at radius 2 is 2.06 bits per heavy atom. The Balaban J connectivity index is 2.18. The summed E-state index contributed by atoms with van der Waals surface area (Å²) < 4.78 is 2.64. The lowest BCUT2D eigenvalue weighted by Crippen LogP contribution is -2.10. The monoisotopic (exact) mass is 328 g/mol. The first-order chi connectivity index (χ1) is 8.61. The number of hydrogen-bond donors (Lipinski definition) is 1. The van der Waals surface area contributed by atoms with Gasteiger partial charge >= 0.3 is 0 Å². The largest absolute Gasteiger partial charge is 0.386 e. The number of nitrogens with zero attached hydrogens (tertiary/aromatic N) is 2. The molecule has 1 heterocycles. The molecule has 0 amide bonds. The van der Waals surface area contributed by atoms with Gasteiger partial charge in [-0.3, -0.25) is 4.68 Å². The van der Waals surface area contributed by atoms with Gasteiger partial charge in [0, 0.05) is 18.0 Å². The minimum absolute atomic E-state index is 0.543. The Hall–Kier alpha value is -0.840. The molecular formula is C13H14BrClN2O. The molecule has 3 nitrogen and oxygen atoms in total. The minimum Gasteiger partial charge on any atom is -0.386 e. The number of benzene rings is 1. The maximum atomic E-state index is 10.3. The topological polar surface area (TPSA) is 38.0 Å². The Morgan fingerprint density at radius 1 is 1.39 bits per heavy atom. The first-order valence-electron chi connectivity index (χ1n) is 5.75. The molecule has 1 aromatic carbocycles. The normalized spacial score (nSPS) is 12.7. The van der Waals surface area contributed by atoms with E-state index < -0.39 is 6.10 Å². The summed E-state index contributed by atoms with van der Waals surface area (Å²) in [5, 5.41) is 15.2. The van der Waals surface area contributed by atoms with Gasteiger partial charge in [0.2, 0.25) is 0 Å². The van der Waals surface area contributed by atoms with Gasteiger partial charge in [0.05, 0.1) is 16.4 Å². The van der Waals surface area contributed by atoms with E-state index in [1.54, 1.807) is 10.9 Å². The molecular weight excluding hydrogens is 316 g/mol. The van der Waals surface area contributed by atoms with Crippen LogP contribution < -0.4 is 0 Å². The van der Waals surface area contributed by atoms with E-state index in [1.807, 2.05) is 31.2 Å². The molecule has 2 rings (SSSR count). The molecule has 0 aliphatic rings. The second-order valence-corrected chi connectivity index (χ2v) is 5.33. The lowest BCUT2D eigenvalue weighted by molar-refractivity contribution is 0.166. The highest BCUT2D eigenvalue weighted by Crippen LogP contribution is 2.26. The summed E-state index contributed by atoms with van der Waals surface area (Å²) in [5.74, 6) is 0. The van der Waals surface area contributed by atoms with Crippen molar-refractivity contribution >= 4 is 27.5 Å². The van der Waals surface area contributed by atoms with Crippen LogP contribution in [0.2, 0.25) is 5.02 Å². The summed E-state index contributed by atoms with van der Waals surface area (Å²) in [5.41, 5.74) is 1.86. The van der Waals surface area contributed by atoms with Crippen LogP contribution in [-0.4, -0.2) is 14.9 Å². The van der Waals surface area contributed by atoms with Gasteiger partial charge in [-0.15, -0.1) is 0 Å².